The van der Waals surface area contributed by atoms with Crippen LogP contribution in [0.1, 0.15) is 0 Å². The van der Waals surface area contributed by atoms with Crippen molar-refractivity contribution in [2.75, 3.05) is 0 Å². The summed E-state index contributed by atoms with van der Waals surface area (Å²) in [4.78, 5) is 3.64. The first-order valence-corrected chi connectivity index (χ1v) is 3.60. The largest absolute Gasteiger partial charge is 0.509 e. The Morgan fingerprint density at radius 1 is 1.23 bits per heavy atom. The minimum Gasteiger partial charge on any atom is -0.445 e. The van der Waals surface area contributed by atoms with E-state index in [1.807, 2.05) is 0 Å². The molecule has 0 amide bonds. The molecule has 1 aromatic heterocycles. The van der Waals surface area contributed by atoms with E-state index in [2.05, 4.69) is 4.98 Å². The summed E-state index contributed by atoms with van der Waals surface area (Å²) < 4.78 is 41.5. The van der Waals surface area contributed by atoms with Gasteiger partial charge in [0, 0.05) is 0 Å². The number of halogens is 3. The van der Waals surface area contributed by atoms with Gasteiger partial charge in [-0.1, -0.05) is 12.1 Å². The lowest BCUT2D eigenvalue weighted by atomic mass is 9.80. The second-order valence-electron chi connectivity index (χ2n) is 2.65. The summed E-state index contributed by atoms with van der Waals surface area (Å²) in [5.41, 5.74) is -0.0538. The first kappa shape index (κ1) is 8.16. The Kier molecular flexibility index (Phi) is 1.58. The van der Waals surface area contributed by atoms with Crippen molar-refractivity contribution in [2.45, 2.75) is 0 Å². The molecule has 13 heavy (non-hydrogen) atoms. The zero-order valence-corrected chi connectivity index (χ0v) is 6.38. The molecule has 2 nitrogen and oxygen atoms in total. The van der Waals surface area contributed by atoms with Gasteiger partial charge in [-0.2, -0.15) is 0 Å². The van der Waals surface area contributed by atoms with E-state index < -0.39 is 12.4 Å². The van der Waals surface area contributed by atoms with Crippen LogP contribution in [0.3, 0.4) is 0 Å². The summed E-state index contributed by atoms with van der Waals surface area (Å²) >= 11 is 0. The summed E-state index contributed by atoms with van der Waals surface area (Å²) in [6.45, 7) is -4.95. The van der Waals surface area contributed by atoms with Crippen molar-refractivity contribution < 1.29 is 17.4 Å². The van der Waals surface area contributed by atoms with Crippen molar-refractivity contribution in [3.63, 3.8) is 0 Å². The maximum Gasteiger partial charge on any atom is 0.509 e. The third-order valence-corrected chi connectivity index (χ3v) is 1.73. The van der Waals surface area contributed by atoms with Gasteiger partial charge in [0.2, 0.25) is 0 Å². The molecule has 0 aliphatic rings. The maximum absolute atomic E-state index is 12.2. The second kappa shape index (κ2) is 2.51. The molecule has 0 N–H and O–H groups in total. The van der Waals surface area contributed by atoms with Crippen LogP contribution in [-0.2, 0) is 0 Å². The van der Waals surface area contributed by atoms with E-state index in [0.29, 0.717) is 5.58 Å². The summed E-state index contributed by atoms with van der Waals surface area (Å²) in [5.74, 6) is 0. The molecule has 0 aliphatic carbocycles. The lowest BCUT2D eigenvalue weighted by Gasteiger charge is -2.13. The summed E-state index contributed by atoms with van der Waals surface area (Å²) in [6, 6.07) is 3.25. The third kappa shape index (κ3) is 1.39. The van der Waals surface area contributed by atoms with E-state index in [1.165, 1.54) is 6.07 Å². The van der Waals surface area contributed by atoms with Crippen LogP contribution in [0.5, 0.6) is 0 Å². The molecule has 0 saturated heterocycles. The fourth-order valence-electron chi connectivity index (χ4n) is 1.08. The zero-order valence-electron chi connectivity index (χ0n) is 6.38. The van der Waals surface area contributed by atoms with E-state index in [0.717, 1.165) is 18.5 Å². The number of aromatic nitrogens is 1. The number of fused-ring (bicyclic) bond motifs is 1. The van der Waals surface area contributed by atoms with Crippen molar-refractivity contribution in [1.82, 2.24) is 4.98 Å². The molecular formula is C7H4BF3NO-. The van der Waals surface area contributed by atoms with Crippen LogP contribution in [0, 0.1) is 0 Å². The molecule has 0 radical (unpaired) electrons. The van der Waals surface area contributed by atoms with E-state index in [4.69, 9.17) is 4.42 Å². The Bertz CT molecular complexity index is 436. The van der Waals surface area contributed by atoms with Gasteiger partial charge in [-0.05, 0) is 6.07 Å². The van der Waals surface area contributed by atoms with Gasteiger partial charge in [-0.3, -0.25) is 0 Å². The predicted octanol–water partition coefficient (Wildman–Crippen LogP) is 1.88. The van der Waals surface area contributed by atoms with Gasteiger partial charge < -0.3 is 17.4 Å². The number of benzene rings is 1. The Labute approximate surface area is 71.4 Å². The molecule has 2 rings (SSSR count). The van der Waals surface area contributed by atoms with Crippen LogP contribution in [0.4, 0.5) is 12.9 Å². The Hall–Kier alpha value is -1.46. The average Bonchev–Trinajstić information content (AvgIpc) is 2.47. The number of oxazole rings is 1. The van der Waals surface area contributed by atoms with Gasteiger partial charge >= 0.3 is 6.98 Å². The van der Waals surface area contributed by atoms with Gasteiger partial charge in [0.25, 0.3) is 0 Å². The first-order valence-electron chi connectivity index (χ1n) is 3.60. The maximum atomic E-state index is 12.2. The van der Waals surface area contributed by atoms with Crippen LogP contribution >= 0.6 is 0 Å². The fourth-order valence-corrected chi connectivity index (χ4v) is 1.08. The SMILES string of the molecule is F[B-](F)(F)c1ccc2ocnc2c1. The molecule has 0 saturated carbocycles. The van der Waals surface area contributed by atoms with Crippen molar-refractivity contribution in [3.8, 4) is 0 Å². The van der Waals surface area contributed by atoms with Crippen LogP contribution in [0.15, 0.2) is 29.0 Å². The van der Waals surface area contributed by atoms with Gasteiger partial charge in [0.05, 0.1) is 0 Å². The topological polar surface area (TPSA) is 26.0 Å². The highest BCUT2D eigenvalue weighted by Crippen LogP contribution is 2.14. The number of hydrogen-bond donors (Lipinski definition) is 0. The predicted molar refractivity (Wildman–Crippen MR) is 42.7 cm³/mol. The molecule has 2 aromatic rings. The highest BCUT2D eigenvalue weighted by Gasteiger charge is 2.25. The van der Waals surface area contributed by atoms with Gasteiger partial charge in [0.1, 0.15) is 5.52 Å². The smallest absolute Gasteiger partial charge is 0.445 e. The highest BCUT2D eigenvalue weighted by molar-refractivity contribution is 6.73. The summed E-state index contributed by atoms with van der Waals surface area (Å²) in [6.07, 6.45) is 1.12. The van der Waals surface area contributed by atoms with Gasteiger partial charge in [-0.25, -0.2) is 4.98 Å². The summed E-state index contributed by atoms with van der Waals surface area (Å²) in [7, 11) is 0. The molecule has 0 bridgehead atoms. The fraction of sp³-hybridized carbons (Fsp3) is 0. The van der Waals surface area contributed by atoms with Crippen molar-refractivity contribution in [1.29, 1.82) is 0 Å². The molecule has 1 heterocycles. The van der Waals surface area contributed by atoms with Gasteiger partial charge in [-0.15, -0.1) is 5.46 Å². The molecule has 0 fully saturated rings. The zero-order chi connectivity index (χ0) is 9.47. The van der Waals surface area contributed by atoms with Crippen LogP contribution in [0.2, 0.25) is 0 Å². The van der Waals surface area contributed by atoms with Crippen molar-refractivity contribution in [3.05, 3.63) is 24.6 Å². The van der Waals surface area contributed by atoms with Crippen LogP contribution < -0.4 is 5.46 Å². The van der Waals surface area contributed by atoms with Gasteiger partial charge in [0.15, 0.2) is 12.0 Å². The lowest BCUT2D eigenvalue weighted by molar-refractivity contribution is 0.501. The average molecular weight is 186 g/mol. The van der Waals surface area contributed by atoms with E-state index >= 15 is 0 Å². The van der Waals surface area contributed by atoms with Crippen molar-refractivity contribution >= 4 is 23.5 Å². The molecule has 0 spiro atoms. The Balaban J connectivity index is 2.61. The highest BCUT2D eigenvalue weighted by atomic mass is 19.4. The third-order valence-electron chi connectivity index (χ3n) is 1.73. The van der Waals surface area contributed by atoms with Crippen LogP contribution in [0.25, 0.3) is 11.1 Å². The lowest BCUT2D eigenvalue weighted by Crippen LogP contribution is -2.33. The summed E-state index contributed by atoms with van der Waals surface area (Å²) in [5, 5.41) is 0. The monoisotopic (exact) mass is 186 g/mol. The number of hydrogen-bond acceptors (Lipinski definition) is 2. The molecular weight excluding hydrogens is 182 g/mol. The van der Waals surface area contributed by atoms with Crippen LogP contribution in [-0.4, -0.2) is 12.0 Å². The molecule has 0 unspecified atom stereocenters. The van der Waals surface area contributed by atoms with Crippen molar-refractivity contribution in [2.24, 2.45) is 0 Å². The van der Waals surface area contributed by atoms with E-state index in [-0.39, 0.29) is 5.52 Å². The molecule has 0 atom stereocenters. The van der Waals surface area contributed by atoms with E-state index in [9.17, 15) is 12.9 Å². The minimum atomic E-state index is -4.95. The molecule has 68 valence electrons. The number of rotatable bonds is 1. The molecule has 6 heteroatoms. The first-order chi connectivity index (χ1) is 6.07. The quantitative estimate of drug-likeness (QED) is 0.635. The Morgan fingerprint density at radius 3 is 2.69 bits per heavy atom. The second-order valence-corrected chi connectivity index (χ2v) is 2.65. The Morgan fingerprint density at radius 2 is 2.00 bits per heavy atom. The van der Waals surface area contributed by atoms with E-state index in [1.54, 1.807) is 0 Å². The minimum absolute atomic E-state index is 0.233. The molecule has 1 aromatic carbocycles. The number of nitrogens with zero attached hydrogens (tertiary/aromatic N) is 1. The molecule has 0 aliphatic heterocycles. The normalized spacial score (nSPS) is 12.2. The standard InChI is InChI=1S/C7H4BF3NO/c9-8(10,11)5-1-2-7-6(3-5)12-4-13-7/h1-4H/q-1.